The molecule has 3 rings (SSSR count). The molecule has 218 valence electrons. The van der Waals surface area contributed by atoms with Gasteiger partial charge in [-0.1, -0.05) is 6.07 Å². The average molecular weight is 570 g/mol. The lowest BCUT2D eigenvalue weighted by Gasteiger charge is -2.25. The molecule has 15 nitrogen and oxygen atoms in total. The number of aliphatic carboxylic acids is 1. The predicted molar refractivity (Wildman–Crippen MR) is 146 cm³/mol. The van der Waals surface area contributed by atoms with Crippen LogP contribution in [0.2, 0.25) is 0 Å². The van der Waals surface area contributed by atoms with Crippen LogP contribution in [0.5, 0.6) is 0 Å². The Morgan fingerprint density at radius 1 is 0.976 bits per heavy atom. The minimum atomic E-state index is -1.38. The van der Waals surface area contributed by atoms with E-state index >= 15 is 0 Å². The smallest absolute Gasteiger partial charge is 0.303 e. The highest BCUT2D eigenvalue weighted by Gasteiger charge is 2.29. The monoisotopic (exact) mass is 569 g/mol. The van der Waals surface area contributed by atoms with Crippen LogP contribution in [0, 0.1) is 10.1 Å². The van der Waals surface area contributed by atoms with Crippen molar-refractivity contribution in [3.05, 3.63) is 63.2 Å². The Balaban J connectivity index is 2.13. The molecule has 2 aromatic carbocycles. The molecule has 1 heterocycles. The Morgan fingerprint density at radius 2 is 1.71 bits per heavy atom. The third-order valence-electron chi connectivity index (χ3n) is 6.42. The van der Waals surface area contributed by atoms with Gasteiger partial charge in [-0.25, -0.2) is 0 Å². The molecule has 0 aromatic heterocycles. The molecule has 0 fully saturated rings. The summed E-state index contributed by atoms with van der Waals surface area (Å²) >= 11 is 0. The van der Waals surface area contributed by atoms with Gasteiger partial charge in [0.1, 0.15) is 12.1 Å². The first-order valence-corrected chi connectivity index (χ1v) is 12.8. The van der Waals surface area contributed by atoms with E-state index in [-0.39, 0.29) is 41.9 Å². The number of carbonyl (C=O) groups excluding carboxylic acids is 4. The number of anilines is 2. The summed E-state index contributed by atoms with van der Waals surface area (Å²) in [6.45, 7) is 0.312. The van der Waals surface area contributed by atoms with E-state index in [1.165, 1.54) is 18.2 Å². The van der Waals surface area contributed by atoms with E-state index in [2.05, 4.69) is 21.3 Å². The number of nitro groups is 1. The minimum absolute atomic E-state index is 0.0551. The molecule has 0 bridgehead atoms. The van der Waals surface area contributed by atoms with Gasteiger partial charge in [0, 0.05) is 36.3 Å². The van der Waals surface area contributed by atoms with Crippen molar-refractivity contribution in [2.75, 3.05) is 11.9 Å². The Labute approximate surface area is 234 Å². The third kappa shape index (κ3) is 8.22. The number of hydrogen-bond donors (Lipinski definition) is 7. The van der Waals surface area contributed by atoms with E-state index in [0.29, 0.717) is 24.9 Å². The summed E-state index contributed by atoms with van der Waals surface area (Å²) in [7, 11) is 0. The van der Waals surface area contributed by atoms with Crippen LogP contribution < -0.4 is 32.7 Å². The summed E-state index contributed by atoms with van der Waals surface area (Å²) in [5, 5.41) is 31.4. The van der Waals surface area contributed by atoms with Crippen LogP contribution in [-0.2, 0) is 20.9 Å². The lowest BCUT2D eigenvalue weighted by Crippen LogP contribution is -2.54. The number of nitrogens with two attached hydrogens (primary N) is 2. The number of nitrogens with one attached hydrogen (secondary N) is 4. The van der Waals surface area contributed by atoms with Crippen molar-refractivity contribution < 1.29 is 34.0 Å². The molecule has 9 N–H and O–H groups in total. The van der Waals surface area contributed by atoms with E-state index in [0.717, 1.165) is 12.1 Å². The van der Waals surface area contributed by atoms with E-state index in [4.69, 9.17) is 11.5 Å². The molecule has 4 amide bonds. The molecular formula is C26H31N7O8. The number of nitro benzene ring substituents is 1. The number of amides is 4. The van der Waals surface area contributed by atoms with Crippen molar-refractivity contribution in [2.24, 2.45) is 11.5 Å². The van der Waals surface area contributed by atoms with Crippen LogP contribution >= 0.6 is 0 Å². The molecule has 41 heavy (non-hydrogen) atoms. The van der Waals surface area contributed by atoms with E-state index in [1.807, 2.05) is 0 Å². The van der Waals surface area contributed by atoms with Crippen molar-refractivity contribution >= 4 is 46.7 Å². The number of carbonyl (C=O) groups is 5. The molecular weight excluding hydrogens is 538 g/mol. The number of rotatable bonds is 9. The summed E-state index contributed by atoms with van der Waals surface area (Å²) in [5.74, 6) is -4.19. The molecule has 0 aliphatic carbocycles. The molecule has 15 heteroatoms. The summed E-state index contributed by atoms with van der Waals surface area (Å²) < 4.78 is 0. The lowest BCUT2D eigenvalue weighted by molar-refractivity contribution is -0.384. The fourth-order valence-corrected chi connectivity index (χ4v) is 4.20. The van der Waals surface area contributed by atoms with Gasteiger partial charge in [-0.2, -0.15) is 0 Å². The van der Waals surface area contributed by atoms with Crippen LogP contribution in [0.15, 0.2) is 36.4 Å². The van der Waals surface area contributed by atoms with Crippen molar-refractivity contribution in [1.29, 1.82) is 0 Å². The first-order valence-electron chi connectivity index (χ1n) is 12.8. The summed E-state index contributed by atoms with van der Waals surface area (Å²) in [5.41, 5.74) is 11.3. The van der Waals surface area contributed by atoms with Crippen molar-refractivity contribution in [2.45, 2.75) is 50.7 Å². The Kier molecular flexibility index (Phi) is 10.3. The first-order chi connectivity index (χ1) is 19.5. The number of nitrogens with zero attached hydrogens (tertiary/aromatic N) is 1. The molecule has 0 saturated heterocycles. The second-order valence-corrected chi connectivity index (χ2v) is 9.37. The topological polar surface area (TPSA) is 249 Å². The summed E-state index contributed by atoms with van der Waals surface area (Å²) in [6.07, 6.45) is 0.503. The van der Waals surface area contributed by atoms with Gasteiger partial charge < -0.3 is 37.8 Å². The van der Waals surface area contributed by atoms with E-state index in [1.54, 1.807) is 6.07 Å². The van der Waals surface area contributed by atoms with Crippen molar-refractivity contribution in [3.63, 3.8) is 0 Å². The maximum Gasteiger partial charge on any atom is 0.303 e. The standard InChI is InChI=1S/C26H31N7O8/c27-10-2-1-3-19-25(38)29-13-15-5-4-14(23(28)36)11-21(15)30-18-7-6-16(33(40)41)12-17(18)24(37)31-20(26(39)32-19)8-9-22(34)35/h4-7,11-12,19-20,30H,1-3,8-10,13,27H2,(H2,28,36)(H,29,38)(H,31,37)(H,32,39)(H,34,35)/t19-,20-/m0/s1. The highest BCUT2D eigenvalue weighted by Crippen LogP contribution is 2.28. The Bertz CT molecular complexity index is 1360. The van der Waals surface area contributed by atoms with Gasteiger partial charge in [-0.15, -0.1) is 0 Å². The number of non-ortho nitro benzene ring substituents is 1. The normalized spacial score (nSPS) is 17.4. The number of hydrogen-bond acceptors (Lipinski definition) is 9. The van der Waals surface area contributed by atoms with Gasteiger partial charge in [0.05, 0.1) is 16.2 Å². The van der Waals surface area contributed by atoms with Crippen LogP contribution in [-0.4, -0.2) is 58.3 Å². The predicted octanol–water partition coefficient (Wildman–Crippen LogP) is 0.644. The molecule has 0 unspecified atom stereocenters. The SMILES string of the molecule is NCCCC[C@@H]1NC(=O)[C@H](CCC(=O)O)NC(=O)c2cc([N+](=O)[O-])ccc2Nc2cc(C(N)=O)ccc2CNC1=O. The largest absolute Gasteiger partial charge is 0.481 e. The van der Waals surface area contributed by atoms with Gasteiger partial charge in [0.15, 0.2) is 0 Å². The van der Waals surface area contributed by atoms with Gasteiger partial charge in [0.25, 0.3) is 11.6 Å². The van der Waals surface area contributed by atoms with Crippen LogP contribution in [0.3, 0.4) is 0 Å². The molecule has 2 atom stereocenters. The molecule has 2 aromatic rings. The number of benzene rings is 2. The average Bonchev–Trinajstić information content (AvgIpc) is 2.93. The van der Waals surface area contributed by atoms with E-state index in [9.17, 15) is 39.2 Å². The minimum Gasteiger partial charge on any atom is -0.481 e. The summed E-state index contributed by atoms with van der Waals surface area (Å²) in [4.78, 5) is 73.7. The second-order valence-electron chi connectivity index (χ2n) is 9.37. The lowest BCUT2D eigenvalue weighted by atomic mass is 10.0. The molecule has 1 aliphatic rings. The highest BCUT2D eigenvalue weighted by atomic mass is 16.6. The van der Waals surface area contributed by atoms with Crippen molar-refractivity contribution in [1.82, 2.24) is 16.0 Å². The molecule has 0 spiro atoms. The van der Waals surface area contributed by atoms with Gasteiger partial charge in [0.2, 0.25) is 17.7 Å². The number of fused-ring (bicyclic) bond motifs is 2. The van der Waals surface area contributed by atoms with Gasteiger partial charge in [-0.3, -0.25) is 34.1 Å². The fraction of sp³-hybridized carbons (Fsp3) is 0.346. The Morgan fingerprint density at radius 3 is 2.37 bits per heavy atom. The van der Waals surface area contributed by atoms with Crippen LogP contribution in [0.4, 0.5) is 17.1 Å². The first kappa shape index (κ1) is 30.5. The van der Waals surface area contributed by atoms with E-state index < -0.39 is 58.7 Å². The maximum atomic E-state index is 13.4. The number of primary amides is 1. The van der Waals surface area contributed by atoms with Crippen LogP contribution in [0.1, 0.15) is 58.4 Å². The van der Waals surface area contributed by atoms with Gasteiger partial charge in [-0.05, 0) is 56.0 Å². The second kappa shape index (κ2) is 13.8. The van der Waals surface area contributed by atoms with Crippen LogP contribution in [0.25, 0.3) is 0 Å². The number of carboxylic acid groups (broad SMARTS) is 1. The molecule has 0 saturated carbocycles. The molecule has 1 aliphatic heterocycles. The quantitative estimate of drug-likeness (QED) is 0.126. The number of carboxylic acids is 1. The molecule has 0 radical (unpaired) electrons. The van der Waals surface area contributed by atoms with Crippen molar-refractivity contribution in [3.8, 4) is 0 Å². The van der Waals surface area contributed by atoms with Gasteiger partial charge >= 0.3 is 5.97 Å². The summed E-state index contributed by atoms with van der Waals surface area (Å²) in [6, 6.07) is 5.43. The zero-order chi connectivity index (χ0) is 30.1. The maximum absolute atomic E-state index is 13.4. The third-order valence-corrected chi connectivity index (χ3v) is 6.42. The zero-order valence-corrected chi connectivity index (χ0v) is 22.0. The Hall–Kier alpha value is -5.05. The fourth-order valence-electron chi connectivity index (χ4n) is 4.20. The zero-order valence-electron chi connectivity index (χ0n) is 22.0. The number of unbranched alkanes of at least 4 members (excludes halogenated alkanes) is 1. The highest BCUT2D eigenvalue weighted by molar-refractivity contribution is 6.04.